The van der Waals surface area contributed by atoms with Crippen LogP contribution >= 0.6 is 0 Å². The van der Waals surface area contributed by atoms with Crippen LogP contribution in [0.15, 0.2) is 38.8 Å². The highest BCUT2D eigenvalue weighted by atomic mass is 19.4. The summed E-state index contributed by atoms with van der Waals surface area (Å²) in [6.45, 7) is -0.655. The molecule has 1 saturated heterocycles. The SMILES string of the molecule is CN1N=C2N=CC(N3CC[C@@H](N(C)C(=O)Nc4cc(C(F)(F)F)cn(C)c4=O)C(F)(F)C3)C=C2C1=O. The van der Waals surface area contributed by atoms with E-state index in [1.807, 2.05) is 5.32 Å². The minimum atomic E-state index is -4.78. The Hall–Kier alpha value is -3.62. The number of nitrogens with one attached hydrogen (secondary N) is 1. The molecule has 4 heterocycles. The quantitative estimate of drug-likeness (QED) is 0.620. The second-order valence-electron chi connectivity index (χ2n) is 8.73. The number of amidine groups is 1. The van der Waals surface area contributed by atoms with Crippen LogP contribution in [0.3, 0.4) is 0 Å². The maximum atomic E-state index is 15.2. The summed E-state index contributed by atoms with van der Waals surface area (Å²) in [6.07, 6.45) is -1.47. The summed E-state index contributed by atoms with van der Waals surface area (Å²) >= 11 is 0. The van der Waals surface area contributed by atoms with Gasteiger partial charge in [0.2, 0.25) is 0 Å². The maximum absolute atomic E-state index is 15.2. The average molecular weight is 515 g/mol. The van der Waals surface area contributed by atoms with Gasteiger partial charge in [0.15, 0.2) is 5.84 Å². The molecule has 0 spiro atoms. The number of urea groups is 1. The molecule has 1 fully saturated rings. The van der Waals surface area contributed by atoms with Gasteiger partial charge in [-0.2, -0.15) is 13.2 Å². The number of nitrogens with zero attached hydrogens (tertiary/aromatic N) is 6. The number of aryl methyl sites for hydroxylation is 1. The van der Waals surface area contributed by atoms with Crippen molar-refractivity contribution in [2.45, 2.75) is 30.6 Å². The van der Waals surface area contributed by atoms with E-state index in [1.165, 1.54) is 24.2 Å². The molecule has 0 aliphatic carbocycles. The molecule has 0 aromatic carbocycles. The zero-order chi connectivity index (χ0) is 26.6. The minimum Gasteiger partial charge on any atom is -0.318 e. The van der Waals surface area contributed by atoms with E-state index >= 15 is 8.78 Å². The molecule has 1 unspecified atom stereocenters. The van der Waals surface area contributed by atoms with E-state index in [0.29, 0.717) is 21.7 Å². The lowest BCUT2D eigenvalue weighted by Crippen LogP contribution is -2.61. The van der Waals surface area contributed by atoms with E-state index in [-0.39, 0.29) is 24.4 Å². The van der Waals surface area contributed by atoms with Gasteiger partial charge >= 0.3 is 12.2 Å². The van der Waals surface area contributed by atoms with E-state index < -0.39 is 59.5 Å². The normalized spacial score (nSPS) is 23.8. The number of fused-ring (bicyclic) bond motifs is 1. The first-order chi connectivity index (χ1) is 16.7. The van der Waals surface area contributed by atoms with Crippen LogP contribution in [0.4, 0.5) is 32.4 Å². The molecule has 36 heavy (non-hydrogen) atoms. The van der Waals surface area contributed by atoms with Crippen molar-refractivity contribution in [1.29, 1.82) is 0 Å². The van der Waals surface area contributed by atoms with Crippen LogP contribution < -0.4 is 10.9 Å². The van der Waals surface area contributed by atoms with E-state index in [1.54, 1.807) is 0 Å². The molecule has 3 aliphatic heterocycles. The molecule has 10 nitrogen and oxygen atoms in total. The standard InChI is InChI=1S/C21H22F5N7O3/c1-30-9-11(21(24,25)26)6-14(18(30)35)28-19(36)31(2)15-4-5-33(10-20(15,22)23)12-7-13-16(27-8-12)29-32(3)17(13)34/h6-9,12,15H,4-5,10H2,1-3H3,(H,28,36)/t12?,15-/m1/s1. The molecule has 1 aromatic rings. The van der Waals surface area contributed by atoms with Crippen molar-refractivity contribution in [3.63, 3.8) is 0 Å². The number of hydrogen-bond acceptors (Lipinski definition) is 6. The summed E-state index contributed by atoms with van der Waals surface area (Å²) in [7, 11) is 3.62. The highest BCUT2D eigenvalue weighted by Gasteiger charge is 2.49. The smallest absolute Gasteiger partial charge is 0.318 e. The third-order valence-electron chi connectivity index (χ3n) is 6.25. The number of hydrazone groups is 1. The molecule has 0 bridgehead atoms. The number of hydrogen-bond donors (Lipinski definition) is 1. The van der Waals surface area contributed by atoms with Crippen molar-refractivity contribution < 1.29 is 31.5 Å². The number of aliphatic imine (C=N–C) groups is 1. The van der Waals surface area contributed by atoms with Crippen LogP contribution in [0.1, 0.15) is 12.0 Å². The van der Waals surface area contributed by atoms with Gasteiger partial charge in [0.05, 0.1) is 29.8 Å². The molecule has 0 radical (unpaired) electrons. The second-order valence-corrected chi connectivity index (χ2v) is 8.73. The third-order valence-corrected chi connectivity index (χ3v) is 6.25. The number of carbonyl (C=O) groups is 2. The molecule has 0 saturated carbocycles. The van der Waals surface area contributed by atoms with Gasteiger partial charge in [-0.15, -0.1) is 5.10 Å². The largest absolute Gasteiger partial charge is 0.417 e. The fraction of sp³-hybridized carbons (Fsp3) is 0.476. The van der Waals surface area contributed by atoms with Gasteiger partial charge in [-0.05, 0) is 18.6 Å². The first kappa shape index (κ1) is 25.5. The number of amides is 3. The zero-order valence-electron chi connectivity index (χ0n) is 19.4. The zero-order valence-corrected chi connectivity index (χ0v) is 19.4. The van der Waals surface area contributed by atoms with Crippen molar-refractivity contribution >= 4 is 29.7 Å². The predicted molar refractivity (Wildman–Crippen MR) is 119 cm³/mol. The minimum absolute atomic E-state index is 0.111. The van der Waals surface area contributed by atoms with Crippen LogP contribution in [-0.2, 0) is 18.0 Å². The number of aromatic nitrogens is 1. The Balaban J connectivity index is 1.47. The van der Waals surface area contributed by atoms with Crippen LogP contribution in [-0.4, -0.2) is 88.6 Å². The molecule has 194 valence electrons. The Bertz CT molecular complexity index is 1250. The van der Waals surface area contributed by atoms with E-state index in [9.17, 15) is 27.6 Å². The molecule has 4 rings (SSSR count). The molecule has 3 aliphatic rings. The number of likely N-dealkylation sites (tertiary alicyclic amines) is 1. The lowest BCUT2D eigenvalue weighted by molar-refractivity contribution is -0.138. The Labute approximate surface area is 201 Å². The average Bonchev–Trinajstić information content (AvgIpc) is 3.07. The molecule has 2 atom stereocenters. The Morgan fingerprint density at radius 3 is 2.58 bits per heavy atom. The number of rotatable bonds is 3. The predicted octanol–water partition coefficient (Wildman–Crippen LogP) is 1.74. The van der Waals surface area contributed by atoms with Gasteiger partial charge in [0.1, 0.15) is 5.69 Å². The number of alkyl halides is 5. The maximum Gasteiger partial charge on any atom is 0.417 e. The topological polar surface area (TPSA) is 103 Å². The fourth-order valence-electron chi connectivity index (χ4n) is 4.30. The lowest BCUT2D eigenvalue weighted by Gasteiger charge is -2.43. The summed E-state index contributed by atoms with van der Waals surface area (Å²) in [5.74, 6) is -3.61. The lowest BCUT2D eigenvalue weighted by atomic mass is 9.97. The van der Waals surface area contributed by atoms with Gasteiger partial charge in [0.25, 0.3) is 17.4 Å². The summed E-state index contributed by atoms with van der Waals surface area (Å²) in [5.41, 5.74) is -2.57. The number of pyridine rings is 1. The number of halogens is 5. The number of carbonyl (C=O) groups excluding carboxylic acids is 2. The summed E-state index contributed by atoms with van der Waals surface area (Å²) in [5, 5.41) is 7.08. The molecule has 15 heteroatoms. The van der Waals surface area contributed by atoms with Crippen LogP contribution in [0.5, 0.6) is 0 Å². The summed E-state index contributed by atoms with van der Waals surface area (Å²) in [4.78, 5) is 43.2. The number of dihydropyridines is 1. The van der Waals surface area contributed by atoms with Gasteiger partial charge < -0.3 is 14.8 Å². The number of piperidine rings is 1. The van der Waals surface area contributed by atoms with Gasteiger partial charge in [-0.25, -0.2) is 23.6 Å². The molecule has 1 N–H and O–H groups in total. The molecule has 1 aromatic heterocycles. The highest BCUT2D eigenvalue weighted by molar-refractivity contribution is 6.26. The summed E-state index contributed by atoms with van der Waals surface area (Å²) in [6, 6.07) is -2.96. The molecule has 3 amide bonds. The fourth-order valence-corrected chi connectivity index (χ4v) is 4.30. The molecular formula is C21H22F5N7O3. The summed E-state index contributed by atoms with van der Waals surface area (Å²) < 4.78 is 70.2. The highest BCUT2D eigenvalue weighted by Crippen LogP contribution is 2.33. The van der Waals surface area contributed by atoms with Crippen molar-refractivity contribution in [3.8, 4) is 0 Å². The van der Waals surface area contributed by atoms with Crippen molar-refractivity contribution in [2.24, 2.45) is 17.1 Å². The first-order valence-electron chi connectivity index (χ1n) is 10.8. The second kappa shape index (κ2) is 8.80. The Morgan fingerprint density at radius 1 is 1.25 bits per heavy atom. The van der Waals surface area contributed by atoms with Gasteiger partial charge in [-0.3, -0.25) is 14.5 Å². The Kier molecular flexibility index (Phi) is 6.22. The van der Waals surface area contributed by atoms with E-state index in [0.717, 1.165) is 19.1 Å². The van der Waals surface area contributed by atoms with E-state index in [4.69, 9.17) is 0 Å². The van der Waals surface area contributed by atoms with Crippen LogP contribution in [0.25, 0.3) is 0 Å². The number of likely N-dealkylation sites (N-methyl/N-ethyl adjacent to an activating group) is 1. The van der Waals surface area contributed by atoms with Gasteiger partial charge in [-0.1, -0.05) is 0 Å². The monoisotopic (exact) mass is 515 g/mol. The number of anilines is 1. The van der Waals surface area contributed by atoms with E-state index in [2.05, 4.69) is 10.1 Å². The Morgan fingerprint density at radius 2 is 1.94 bits per heavy atom. The molecular weight excluding hydrogens is 493 g/mol. The van der Waals surface area contributed by atoms with Crippen LogP contribution in [0, 0.1) is 0 Å². The third kappa shape index (κ3) is 4.62. The van der Waals surface area contributed by atoms with Crippen molar-refractivity contribution in [3.05, 3.63) is 39.8 Å². The first-order valence-corrected chi connectivity index (χ1v) is 10.8. The van der Waals surface area contributed by atoms with Crippen molar-refractivity contribution in [2.75, 3.05) is 32.5 Å². The van der Waals surface area contributed by atoms with Crippen LogP contribution in [0.2, 0.25) is 0 Å². The van der Waals surface area contributed by atoms with Gasteiger partial charge in [0, 0.05) is 40.1 Å². The van der Waals surface area contributed by atoms with Crippen molar-refractivity contribution in [1.82, 2.24) is 19.4 Å².